The minimum Gasteiger partial charge on any atom is -0.480 e. The van der Waals surface area contributed by atoms with Crippen LogP contribution >= 0.6 is 11.6 Å². The van der Waals surface area contributed by atoms with Crippen LogP contribution in [0.25, 0.3) is 0 Å². The number of rotatable bonds is 4. The normalized spacial score (nSPS) is 22.7. The first kappa shape index (κ1) is 14.7. The highest BCUT2D eigenvalue weighted by atomic mass is 35.5. The largest absolute Gasteiger partial charge is 0.480 e. The summed E-state index contributed by atoms with van der Waals surface area (Å²) in [7, 11) is 0. The van der Waals surface area contributed by atoms with Gasteiger partial charge in [0.1, 0.15) is 5.54 Å². The molecule has 2 heterocycles. The molecule has 2 rings (SSSR count). The monoisotopic (exact) mass is 298 g/mol. The molecule has 1 amide bonds. The van der Waals surface area contributed by atoms with Gasteiger partial charge in [0.25, 0.3) is 0 Å². The number of carboxylic acid groups (broad SMARTS) is 1. The molecule has 1 aromatic heterocycles. The number of pyridine rings is 1. The lowest BCUT2D eigenvalue weighted by Gasteiger charge is -2.19. The lowest BCUT2D eigenvalue weighted by atomic mass is 10.0. The number of nitrogens with one attached hydrogen (secondary N) is 1. The SMILES string of the molecule is NC1(C(=O)O)CCN(CC(=O)Nc2cccnc2Cl)C1. The van der Waals surface area contributed by atoms with Crippen molar-refractivity contribution in [1.29, 1.82) is 0 Å². The maximum Gasteiger partial charge on any atom is 0.325 e. The number of carbonyl (C=O) groups is 2. The molecule has 1 aliphatic rings. The Balaban J connectivity index is 1.91. The number of aliphatic carboxylic acids is 1. The Hall–Kier alpha value is -1.70. The molecule has 0 radical (unpaired) electrons. The molecule has 0 bridgehead atoms. The van der Waals surface area contributed by atoms with E-state index in [2.05, 4.69) is 10.3 Å². The highest BCUT2D eigenvalue weighted by Gasteiger charge is 2.41. The van der Waals surface area contributed by atoms with E-state index in [-0.39, 0.29) is 24.1 Å². The van der Waals surface area contributed by atoms with Crippen molar-refractivity contribution in [3.05, 3.63) is 23.5 Å². The molecule has 20 heavy (non-hydrogen) atoms. The fraction of sp³-hybridized carbons (Fsp3) is 0.417. The molecule has 1 unspecified atom stereocenters. The van der Waals surface area contributed by atoms with E-state index in [1.807, 2.05) is 0 Å². The minimum absolute atomic E-state index is 0.0669. The fourth-order valence-electron chi connectivity index (χ4n) is 2.10. The highest BCUT2D eigenvalue weighted by Crippen LogP contribution is 2.20. The molecule has 1 aromatic rings. The summed E-state index contributed by atoms with van der Waals surface area (Å²) in [6.07, 6.45) is 1.84. The molecular formula is C12H15ClN4O3. The average Bonchev–Trinajstić information content (AvgIpc) is 2.75. The summed E-state index contributed by atoms with van der Waals surface area (Å²) in [6.45, 7) is 0.685. The van der Waals surface area contributed by atoms with Crippen molar-refractivity contribution in [2.75, 3.05) is 25.0 Å². The summed E-state index contributed by atoms with van der Waals surface area (Å²) in [5, 5.41) is 11.9. The number of hydrogen-bond donors (Lipinski definition) is 3. The van der Waals surface area contributed by atoms with Crippen molar-refractivity contribution < 1.29 is 14.7 Å². The number of carbonyl (C=O) groups excluding carboxylic acids is 1. The van der Waals surface area contributed by atoms with Gasteiger partial charge in [0, 0.05) is 19.3 Å². The Labute approximate surface area is 120 Å². The smallest absolute Gasteiger partial charge is 0.325 e. The molecule has 8 heteroatoms. The van der Waals surface area contributed by atoms with Gasteiger partial charge in [-0.3, -0.25) is 14.5 Å². The number of likely N-dealkylation sites (tertiary alicyclic amines) is 1. The van der Waals surface area contributed by atoms with Crippen LogP contribution in [0.15, 0.2) is 18.3 Å². The molecule has 0 aromatic carbocycles. The second-order valence-corrected chi connectivity index (χ2v) is 5.17. The van der Waals surface area contributed by atoms with Gasteiger partial charge in [0.2, 0.25) is 5.91 Å². The third-order valence-corrected chi connectivity index (χ3v) is 3.51. The Morgan fingerprint density at radius 3 is 2.95 bits per heavy atom. The second-order valence-electron chi connectivity index (χ2n) is 4.81. The van der Waals surface area contributed by atoms with Gasteiger partial charge in [-0.15, -0.1) is 0 Å². The standard InChI is InChI=1S/C12H15ClN4O3/c13-10-8(2-1-4-15-10)16-9(18)6-17-5-3-12(14,7-17)11(19)20/h1-2,4H,3,5-7,14H2,(H,16,18)(H,19,20). The van der Waals surface area contributed by atoms with Gasteiger partial charge in [-0.25, -0.2) is 4.98 Å². The average molecular weight is 299 g/mol. The Morgan fingerprint density at radius 1 is 1.60 bits per heavy atom. The number of hydrogen-bond acceptors (Lipinski definition) is 5. The molecule has 108 valence electrons. The predicted octanol–water partition coefficient (Wildman–Crippen LogP) is 0.161. The van der Waals surface area contributed by atoms with Crippen LogP contribution in [-0.4, -0.2) is 52.0 Å². The van der Waals surface area contributed by atoms with Gasteiger partial charge < -0.3 is 16.2 Å². The number of nitrogens with two attached hydrogens (primary N) is 1. The van der Waals surface area contributed by atoms with E-state index in [0.29, 0.717) is 18.7 Å². The first-order chi connectivity index (χ1) is 9.40. The van der Waals surface area contributed by atoms with Crippen LogP contribution in [0.2, 0.25) is 5.15 Å². The summed E-state index contributed by atoms with van der Waals surface area (Å²) in [6, 6.07) is 3.30. The van der Waals surface area contributed by atoms with Crippen LogP contribution in [0.5, 0.6) is 0 Å². The molecule has 1 atom stereocenters. The summed E-state index contributed by atoms with van der Waals surface area (Å²) >= 11 is 5.83. The van der Waals surface area contributed by atoms with Crippen molar-refractivity contribution in [3.8, 4) is 0 Å². The van der Waals surface area contributed by atoms with E-state index in [1.165, 1.54) is 6.20 Å². The molecule has 4 N–H and O–H groups in total. The predicted molar refractivity (Wildman–Crippen MR) is 73.5 cm³/mol. The van der Waals surface area contributed by atoms with Crippen molar-refractivity contribution >= 4 is 29.2 Å². The first-order valence-electron chi connectivity index (χ1n) is 6.06. The van der Waals surface area contributed by atoms with Crippen molar-refractivity contribution in [1.82, 2.24) is 9.88 Å². The number of halogens is 1. The fourth-order valence-corrected chi connectivity index (χ4v) is 2.26. The Morgan fingerprint density at radius 2 is 2.35 bits per heavy atom. The number of carboxylic acids is 1. The number of anilines is 1. The summed E-state index contributed by atoms with van der Waals surface area (Å²) in [4.78, 5) is 28.4. The first-order valence-corrected chi connectivity index (χ1v) is 6.43. The summed E-state index contributed by atoms with van der Waals surface area (Å²) < 4.78 is 0. The van der Waals surface area contributed by atoms with Gasteiger partial charge in [0.15, 0.2) is 5.15 Å². The van der Waals surface area contributed by atoms with Gasteiger partial charge in [-0.1, -0.05) is 11.6 Å². The van der Waals surface area contributed by atoms with E-state index in [1.54, 1.807) is 17.0 Å². The van der Waals surface area contributed by atoms with Crippen LogP contribution in [-0.2, 0) is 9.59 Å². The molecule has 0 aliphatic carbocycles. The number of aromatic nitrogens is 1. The Kier molecular flexibility index (Phi) is 4.22. The van der Waals surface area contributed by atoms with Crippen molar-refractivity contribution in [2.24, 2.45) is 5.73 Å². The zero-order valence-corrected chi connectivity index (χ0v) is 11.4. The molecule has 1 saturated heterocycles. The van der Waals surface area contributed by atoms with Crippen LogP contribution < -0.4 is 11.1 Å². The van der Waals surface area contributed by atoms with E-state index in [0.717, 1.165) is 0 Å². The van der Waals surface area contributed by atoms with Crippen LogP contribution in [0, 0.1) is 0 Å². The van der Waals surface area contributed by atoms with Gasteiger partial charge >= 0.3 is 5.97 Å². The lowest BCUT2D eigenvalue weighted by Crippen LogP contribution is -2.50. The third-order valence-electron chi connectivity index (χ3n) is 3.21. The lowest BCUT2D eigenvalue weighted by molar-refractivity contribution is -0.143. The summed E-state index contributed by atoms with van der Waals surface area (Å²) in [5.74, 6) is -1.33. The van der Waals surface area contributed by atoms with E-state index >= 15 is 0 Å². The molecular weight excluding hydrogens is 284 g/mol. The molecule has 1 aliphatic heterocycles. The minimum atomic E-state index is -1.27. The van der Waals surface area contributed by atoms with Gasteiger partial charge in [-0.2, -0.15) is 0 Å². The van der Waals surface area contributed by atoms with Gasteiger partial charge in [-0.05, 0) is 18.6 Å². The molecule has 1 fully saturated rings. The van der Waals surface area contributed by atoms with E-state index in [4.69, 9.17) is 22.4 Å². The zero-order valence-electron chi connectivity index (χ0n) is 10.7. The topological polar surface area (TPSA) is 109 Å². The van der Waals surface area contributed by atoms with E-state index in [9.17, 15) is 9.59 Å². The number of amides is 1. The maximum absolute atomic E-state index is 11.9. The van der Waals surface area contributed by atoms with Crippen LogP contribution in [0.3, 0.4) is 0 Å². The third kappa shape index (κ3) is 3.24. The summed E-state index contributed by atoms with van der Waals surface area (Å²) in [5.41, 5.74) is 4.90. The van der Waals surface area contributed by atoms with Gasteiger partial charge in [0.05, 0.1) is 12.2 Å². The highest BCUT2D eigenvalue weighted by molar-refractivity contribution is 6.32. The van der Waals surface area contributed by atoms with E-state index < -0.39 is 11.5 Å². The quantitative estimate of drug-likeness (QED) is 0.683. The Bertz CT molecular complexity index is 539. The van der Waals surface area contributed by atoms with Crippen molar-refractivity contribution in [3.63, 3.8) is 0 Å². The molecule has 7 nitrogen and oxygen atoms in total. The van der Waals surface area contributed by atoms with Crippen molar-refractivity contribution in [2.45, 2.75) is 12.0 Å². The molecule has 0 spiro atoms. The van der Waals surface area contributed by atoms with Crippen LogP contribution in [0.1, 0.15) is 6.42 Å². The van der Waals surface area contributed by atoms with Crippen LogP contribution in [0.4, 0.5) is 5.69 Å². The number of nitrogens with zero attached hydrogens (tertiary/aromatic N) is 2. The molecule has 0 saturated carbocycles. The second kappa shape index (κ2) is 5.74. The zero-order chi connectivity index (χ0) is 14.8. The maximum atomic E-state index is 11.9.